The Balaban J connectivity index is 1.83. The Morgan fingerprint density at radius 3 is 3.05 bits per heavy atom. The van der Waals surface area contributed by atoms with Gasteiger partial charge in [0.25, 0.3) is 5.91 Å². The first-order valence-corrected chi connectivity index (χ1v) is 7.45. The number of likely N-dealkylation sites (N-methyl/N-ethyl adjacent to an activating group) is 1. The zero-order valence-electron chi connectivity index (χ0n) is 11.7. The summed E-state index contributed by atoms with van der Waals surface area (Å²) in [6.07, 6.45) is 5.51. The van der Waals surface area contributed by atoms with Gasteiger partial charge in [-0.15, -0.1) is 0 Å². The summed E-state index contributed by atoms with van der Waals surface area (Å²) in [4.78, 5) is 22.1. The summed E-state index contributed by atoms with van der Waals surface area (Å²) in [5, 5.41) is 0. The minimum Gasteiger partial charge on any atom is -0.482 e. The lowest BCUT2D eigenvalue weighted by Gasteiger charge is -2.26. The molecule has 1 aromatic carbocycles. The number of halogens is 1. The van der Waals surface area contributed by atoms with Gasteiger partial charge in [0.15, 0.2) is 6.61 Å². The topological polar surface area (TPSA) is 59.7 Å². The Morgan fingerprint density at radius 2 is 2.18 bits per heavy atom. The van der Waals surface area contributed by atoms with Crippen LogP contribution < -0.4 is 9.64 Å². The van der Waals surface area contributed by atoms with Crippen LogP contribution in [0.5, 0.6) is 5.75 Å². The van der Waals surface area contributed by atoms with Crippen molar-refractivity contribution < 1.29 is 9.53 Å². The molecule has 0 saturated heterocycles. The monoisotopic (exact) mass is 358 g/mol. The molecule has 0 atom stereocenters. The Labute approximate surface area is 134 Å². The van der Waals surface area contributed by atoms with E-state index >= 15 is 0 Å². The molecular weight excluding hydrogens is 348 g/mol. The molecule has 3 heterocycles. The first kappa shape index (κ1) is 13.3. The first-order chi connectivity index (χ1) is 10.6. The van der Waals surface area contributed by atoms with E-state index in [1.54, 1.807) is 18.1 Å². The van der Waals surface area contributed by atoms with Crippen LogP contribution in [0.4, 0.5) is 5.69 Å². The average molecular weight is 359 g/mol. The number of nitrogens with zero attached hydrogens (tertiary/aromatic N) is 4. The summed E-state index contributed by atoms with van der Waals surface area (Å²) < 4.78 is 8.17. The Morgan fingerprint density at radius 1 is 1.32 bits per heavy atom. The normalized spacial score (nSPS) is 14.1. The highest BCUT2D eigenvalue weighted by atomic mass is 79.9. The lowest BCUT2D eigenvalue weighted by atomic mass is 10.1. The molecule has 2 aromatic heterocycles. The van der Waals surface area contributed by atoms with Crippen molar-refractivity contribution in [3.8, 4) is 17.0 Å². The van der Waals surface area contributed by atoms with Gasteiger partial charge in [0.2, 0.25) is 5.78 Å². The van der Waals surface area contributed by atoms with Crippen molar-refractivity contribution in [1.82, 2.24) is 14.4 Å². The summed E-state index contributed by atoms with van der Waals surface area (Å²) in [6, 6.07) is 5.70. The van der Waals surface area contributed by atoms with E-state index in [-0.39, 0.29) is 12.5 Å². The molecule has 0 bridgehead atoms. The van der Waals surface area contributed by atoms with E-state index in [0.717, 1.165) is 21.4 Å². The third kappa shape index (κ3) is 2.05. The van der Waals surface area contributed by atoms with E-state index in [2.05, 4.69) is 25.9 Å². The Hall–Kier alpha value is -2.41. The average Bonchev–Trinajstić information content (AvgIpc) is 2.94. The summed E-state index contributed by atoms with van der Waals surface area (Å²) in [7, 11) is 1.75. The molecule has 0 fully saturated rings. The maximum atomic E-state index is 11.7. The quantitative estimate of drug-likeness (QED) is 0.670. The molecule has 0 N–H and O–H groups in total. The number of ether oxygens (including phenoxy) is 1. The van der Waals surface area contributed by atoms with Gasteiger partial charge in [-0.1, -0.05) is 0 Å². The van der Waals surface area contributed by atoms with Crippen LogP contribution in [-0.2, 0) is 4.79 Å². The van der Waals surface area contributed by atoms with Crippen LogP contribution in [0.3, 0.4) is 0 Å². The van der Waals surface area contributed by atoms with Crippen molar-refractivity contribution in [3.05, 3.63) is 41.3 Å². The molecule has 0 unspecified atom stereocenters. The van der Waals surface area contributed by atoms with Crippen LogP contribution in [0.15, 0.2) is 41.3 Å². The van der Waals surface area contributed by atoms with E-state index in [4.69, 9.17) is 4.74 Å². The van der Waals surface area contributed by atoms with Crippen molar-refractivity contribution >= 4 is 33.3 Å². The Bertz CT molecular complexity index is 906. The van der Waals surface area contributed by atoms with E-state index in [1.807, 2.05) is 35.0 Å². The minimum atomic E-state index is -0.0646. The highest BCUT2D eigenvalue weighted by Gasteiger charge is 2.22. The van der Waals surface area contributed by atoms with Gasteiger partial charge in [0.1, 0.15) is 5.75 Å². The van der Waals surface area contributed by atoms with Crippen LogP contribution in [0.2, 0.25) is 0 Å². The van der Waals surface area contributed by atoms with E-state index in [1.165, 1.54) is 0 Å². The highest BCUT2D eigenvalue weighted by molar-refractivity contribution is 9.10. The number of amides is 1. The second-order valence-corrected chi connectivity index (χ2v) is 5.95. The van der Waals surface area contributed by atoms with Gasteiger partial charge in [-0.3, -0.25) is 9.20 Å². The molecule has 7 heteroatoms. The van der Waals surface area contributed by atoms with Crippen LogP contribution in [0, 0.1) is 0 Å². The number of carbonyl (C=O) groups is 1. The largest absolute Gasteiger partial charge is 0.482 e. The summed E-state index contributed by atoms with van der Waals surface area (Å²) >= 11 is 3.39. The third-order valence-corrected chi connectivity index (χ3v) is 4.03. The molecule has 4 rings (SSSR count). The molecule has 3 aromatic rings. The van der Waals surface area contributed by atoms with E-state index in [9.17, 15) is 4.79 Å². The molecule has 1 aliphatic rings. The summed E-state index contributed by atoms with van der Waals surface area (Å²) in [5.74, 6) is 1.26. The van der Waals surface area contributed by atoms with Gasteiger partial charge in [0.05, 0.1) is 15.9 Å². The predicted molar refractivity (Wildman–Crippen MR) is 85.0 cm³/mol. The van der Waals surface area contributed by atoms with Crippen molar-refractivity contribution in [2.75, 3.05) is 18.6 Å². The molecule has 6 nitrogen and oxygen atoms in total. The van der Waals surface area contributed by atoms with Gasteiger partial charge < -0.3 is 9.64 Å². The van der Waals surface area contributed by atoms with Gasteiger partial charge >= 0.3 is 0 Å². The minimum absolute atomic E-state index is 0.0646. The van der Waals surface area contributed by atoms with Crippen molar-refractivity contribution in [3.63, 3.8) is 0 Å². The second-order valence-electron chi connectivity index (χ2n) is 5.03. The lowest BCUT2D eigenvalue weighted by molar-refractivity contribution is -0.120. The van der Waals surface area contributed by atoms with Gasteiger partial charge in [-0.05, 0) is 34.1 Å². The number of hydrogen-bond acceptors (Lipinski definition) is 4. The molecule has 22 heavy (non-hydrogen) atoms. The zero-order chi connectivity index (χ0) is 15.3. The van der Waals surface area contributed by atoms with Crippen molar-refractivity contribution in [1.29, 1.82) is 0 Å². The first-order valence-electron chi connectivity index (χ1n) is 6.66. The fraction of sp³-hybridized carbons (Fsp3) is 0.133. The fourth-order valence-electron chi connectivity index (χ4n) is 2.43. The lowest BCUT2D eigenvalue weighted by Crippen LogP contribution is -2.35. The molecule has 0 radical (unpaired) electrons. The van der Waals surface area contributed by atoms with Gasteiger partial charge in [0, 0.05) is 31.2 Å². The molecule has 110 valence electrons. The van der Waals surface area contributed by atoms with Crippen molar-refractivity contribution in [2.24, 2.45) is 0 Å². The molecule has 1 amide bonds. The number of fused-ring (bicyclic) bond motifs is 2. The maximum absolute atomic E-state index is 11.7. The maximum Gasteiger partial charge on any atom is 0.264 e. The number of anilines is 1. The smallest absolute Gasteiger partial charge is 0.264 e. The number of imidazole rings is 1. The Kier molecular flexibility index (Phi) is 2.90. The predicted octanol–water partition coefficient (Wildman–Crippen LogP) is 2.51. The molecule has 0 aliphatic carbocycles. The SMILES string of the molecule is CN1C(=O)COc2ccc(-c3cn4cc(Br)cnc4n3)cc21. The standard InChI is InChI=1S/C15H11BrN4O2/c1-19-12-4-9(2-3-13(12)22-8-14(19)21)11-7-20-6-10(16)5-17-15(20)18-11/h2-7H,8H2,1H3. The van der Waals surface area contributed by atoms with Crippen LogP contribution in [-0.4, -0.2) is 33.9 Å². The molecule has 0 saturated carbocycles. The van der Waals surface area contributed by atoms with E-state index in [0.29, 0.717) is 11.5 Å². The van der Waals surface area contributed by atoms with Crippen LogP contribution >= 0.6 is 15.9 Å². The summed E-state index contributed by atoms with van der Waals surface area (Å²) in [6.45, 7) is 0.0785. The van der Waals surface area contributed by atoms with Crippen molar-refractivity contribution in [2.45, 2.75) is 0 Å². The number of rotatable bonds is 1. The molecule has 0 spiro atoms. The summed E-state index contributed by atoms with van der Waals surface area (Å²) in [5.41, 5.74) is 2.45. The third-order valence-electron chi connectivity index (χ3n) is 3.62. The van der Waals surface area contributed by atoms with E-state index < -0.39 is 0 Å². The molecule has 1 aliphatic heterocycles. The number of benzene rings is 1. The number of aromatic nitrogens is 3. The van der Waals surface area contributed by atoms with Crippen LogP contribution in [0.25, 0.3) is 17.0 Å². The molecular formula is C15H11BrN4O2. The van der Waals surface area contributed by atoms with Gasteiger partial charge in [-0.2, -0.15) is 0 Å². The zero-order valence-corrected chi connectivity index (χ0v) is 13.2. The second kappa shape index (κ2) is 4.81. The number of carbonyl (C=O) groups excluding carboxylic acids is 1. The van der Waals surface area contributed by atoms with Crippen LogP contribution in [0.1, 0.15) is 0 Å². The fourth-order valence-corrected chi connectivity index (χ4v) is 2.75. The number of hydrogen-bond donors (Lipinski definition) is 0. The highest BCUT2D eigenvalue weighted by Crippen LogP contribution is 2.35. The van der Waals surface area contributed by atoms with Gasteiger partial charge in [-0.25, -0.2) is 9.97 Å².